The molecule has 1 amide bonds. The Kier molecular flexibility index (Phi) is 5.80. The van der Waals surface area contributed by atoms with Crippen molar-refractivity contribution in [3.8, 4) is 28.3 Å². The first-order valence-corrected chi connectivity index (χ1v) is 9.96. The third-order valence-electron chi connectivity index (χ3n) is 5.08. The number of hydrogen-bond acceptors (Lipinski definition) is 5. The van der Waals surface area contributed by atoms with Crippen LogP contribution in [-0.4, -0.2) is 23.2 Å². The van der Waals surface area contributed by atoms with E-state index in [0.29, 0.717) is 23.9 Å². The Labute approximate surface area is 180 Å². The summed E-state index contributed by atoms with van der Waals surface area (Å²) in [5, 5.41) is 10.9. The first-order valence-electron chi connectivity index (χ1n) is 9.96. The van der Waals surface area contributed by atoms with E-state index in [1.54, 1.807) is 14.0 Å². The van der Waals surface area contributed by atoms with Crippen LogP contribution in [0, 0.1) is 13.8 Å². The summed E-state index contributed by atoms with van der Waals surface area (Å²) >= 11 is 0. The minimum atomic E-state index is -0.117. The molecule has 0 saturated heterocycles. The highest BCUT2D eigenvalue weighted by Gasteiger charge is 2.11. The van der Waals surface area contributed by atoms with Gasteiger partial charge in [0.2, 0.25) is 11.8 Å². The fraction of sp³-hybridized carbons (Fsp3) is 0.160. The Bertz CT molecular complexity index is 1200. The molecule has 0 aliphatic carbocycles. The minimum Gasteiger partial charge on any atom is -0.497 e. The fourth-order valence-corrected chi connectivity index (χ4v) is 3.31. The number of aromatic nitrogens is 2. The number of nitrogens with one attached hydrogen (secondary N) is 1. The van der Waals surface area contributed by atoms with Crippen molar-refractivity contribution in [2.75, 3.05) is 7.11 Å². The normalized spacial score (nSPS) is 10.7. The molecule has 6 heteroatoms. The van der Waals surface area contributed by atoms with Gasteiger partial charge in [0, 0.05) is 24.6 Å². The molecule has 1 aromatic heterocycles. The quantitative estimate of drug-likeness (QED) is 0.483. The minimum absolute atomic E-state index is 0.117. The first-order chi connectivity index (χ1) is 15.0. The summed E-state index contributed by atoms with van der Waals surface area (Å²) in [5.41, 5.74) is 5.67. The van der Waals surface area contributed by atoms with Gasteiger partial charge in [0.15, 0.2) is 0 Å². The molecule has 6 nitrogen and oxygen atoms in total. The topological polar surface area (TPSA) is 77.2 Å². The van der Waals surface area contributed by atoms with E-state index in [-0.39, 0.29) is 5.91 Å². The average molecular weight is 413 g/mol. The summed E-state index contributed by atoms with van der Waals surface area (Å²) in [4.78, 5) is 12.5. The van der Waals surface area contributed by atoms with Gasteiger partial charge in [0.05, 0.1) is 7.11 Å². The third-order valence-corrected chi connectivity index (χ3v) is 5.08. The lowest BCUT2D eigenvalue weighted by Crippen LogP contribution is -2.22. The highest BCUT2D eigenvalue weighted by molar-refractivity contribution is 5.94. The summed E-state index contributed by atoms with van der Waals surface area (Å²) < 4.78 is 10.7. The van der Waals surface area contributed by atoms with Gasteiger partial charge in [0.1, 0.15) is 5.75 Å². The second-order valence-corrected chi connectivity index (χ2v) is 7.26. The predicted octanol–water partition coefficient (Wildman–Crippen LogP) is 4.96. The molecule has 156 valence electrons. The molecule has 0 spiro atoms. The van der Waals surface area contributed by atoms with Crippen LogP contribution in [0.1, 0.15) is 27.4 Å². The number of benzene rings is 3. The monoisotopic (exact) mass is 413 g/mol. The number of carbonyl (C=O) groups is 1. The number of ether oxygens (including phenoxy) is 1. The molecule has 4 aromatic rings. The van der Waals surface area contributed by atoms with E-state index in [1.165, 1.54) is 0 Å². The van der Waals surface area contributed by atoms with Gasteiger partial charge < -0.3 is 14.5 Å². The van der Waals surface area contributed by atoms with E-state index in [0.717, 1.165) is 33.6 Å². The standard InChI is InChI=1S/C25H23N3O3/c1-16-4-7-21(25-28-27-17(2)31-25)14-23(16)19-8-10-20(11-9-19)24(29)26-15-18-5-12-22(30-3)13-6-18/h4-14H,15H2,1-3H3,(H,26,29). The number of carbonyl (C=O) groups excluding carboxylic acids is 1. The van der Waals surface area contributed by atoms with Crippen molar-refractivity contribution in [2.24, 2.45) is 0 Å². The van der Waals surface area contributed by atoms with E-state index in [2.05, 4.69) is 15.5 Å². The van der Waals surface area contributed by atoms with Crippen LogP contribution in [0.2, 0.25) is 0 Å². The molecule has 0 saturated carbocycles. The molecule has 31 heavy (non-hydrogen) atoms. The van der Waals surface area contributed by atoms with Gasteiger partial charge in [-0.05, 0) is 65.6 Å². The zero-order valence-electron chi connectivity index (χ0n) is 17.7. The van der Waals surface area contributed by atoms with Gasteiger partial charge in [-0.2, -0.15) is 0 Å². The highest BCUT2D eigenvalue weighted by atomic mass is 16.5. The summed E-state index contributed by atoms with van der Waals surface area (Å²) in [6.45, 7) is 4.27. The maximum absolute atomic E-state index is 12.5. The van der Waals surface area contributed by atoms with Crippen LogP contribution in [0.15, 0.2) is 71.1 Å². The largest absolute Gasteiger partial charge is 0.497 e. The molecular weight excluding hydrogens is 390 g/mol. The molecule has 3 aromatic carbocycles. The van der Waals surface area contributed by atoms with E-state index in [9.17, 15) is 4.79 Å². The number of amides is 1. The Morgan fingerprint density at radius 1 is 0.935 bits per heavy atom. The molecule has 0 atom stereocenters. The number of methoxy groups -OCH3 is 1. The number of hydrogen-bond donors (Lipinski definition) is 1. The molecule has 0 radical (unpaired) electrons. The zero-order chi connectivity index (χ0) is 21.8. The van der Waals surface area contributed by atoms with Crippen molar-refractivity contribution >= 4 is 5.91 Å². The van der Waals surface area contributed by atoms with Gasteiger partial charge in [0.25, 0.3) is 5.91 Å². The summed E-state index contributed by atoms with van der Waals surface area (Å²) in [6.07, 6.45) is 0. The van der Waals surface area contributed by atoms with Crippen LogP contribution >= 0.6 is 0 Å². The zero-order valence-corrected chi connectivity index (χ0v) is 17.7. The van der Waals surface area contributed by atoms with Gasteiger partial charge in [-0.15, -0.1) is 10.2 Å². The maximum Gasteiger partial charge on any atom is 0.251 e. The summed E-state index contributed by atoms with van der Waals surface area (Å²) in [6, 6.07) is 21.2. The van der Waals surface area contributed by atoms with E-state index in [4.69, 9.17) is 9.15 Å². The Balaban J connectivity index is 1.48. The number of rotatable bonds is 6. The smallest absolute Gasteiger partial charge is 0.251 e. The van der Waals surface area contributed by atoms with Crippen molar-refractivity contribution in [3.63, 3.8) is 0 Å². The van der Waals surface area contributed by atoms with Crippen LogP contribution < -0.4 is 10.1 Å². The highest BCUT2D eigenvalue weighted by Crippen LogP contribution is 2.29. The van der Waals surface area contributed by atoms with E-state index in [1.807, 2.05) is 73.7 Å². The Morgan fingerprint density at radius 2 is 1.65 bits per heavy atom. The summed E-state index contributed by atoms with van der Waals surface area (Å²) in [7, 11) is 1.63. The molecule has 0 aliphatic rings. The summed E-state index contributed by atoms with van der Waals surface area (Å²) in [5.74, 6) is 1.70. The Morgan fingerprint density at radius 3 is 2.29 bits per heavy atom. The molecule has 0 fully saturated rings. The second kappa shape index (κ2) is 8.83. The lowest BCUT2D eigenvalue weighted by Gasteiger charge is -2.10. The number of aryl methyl sites for hydroxylation is 2. The molecule has 0 aliphatic heterocycles. The van der Waals surface area contributed by atoms with Crippen molar-refractivity contribution in [1.29, 1.82) is 0 Å². The van der Waals surface area contributed by atoms with Crippen LogP contribution in [0.5, 0.6) is 5.75 Å². The average Bonchev–Trinajstić information content (AvgIpc) is 3.24. The van der Waals surface area contributed by atoms with Gasteiger partial charge in [-0.1, -0.05) is 30.3 Å². The first kappa shape index (κ1) is 20.3. The molecule has 4 rings (SSSR count). The lowest BCUT2D eigenvalue weighted by molar-refractivity contribution is 0.0951. The molecule has 0 unspecified atom stereocenters. The van der Waals surface area contributed by atoms with Crippen LogP contribution in [0.25, 0.3) is 22.6 Å². The molecule has 0 bridgehead atoms. The van der Waals surface area contributed by atoms with Crippen molar-refractivity contribution < 1.29 is 13.9 Å². The lowest BCUT2D eigenvalue weighted by atomic mass is 9.97. The predicted molar refractivity (Wildman–Crippen MR) is 119 cm³/mol. The SMILES string of the molecule is COc1ccc(CNC(=O)c2ccc(-c3cc(-c4nnc(C)o4)ccc3C)cc2)cc1. The van der Waals surface area contributed by atoms with Crippen LogP contribution in [-0.2, 0) is 6.54 Å². The van der Waals surface area contributed by atoms with E-state index >= 15 is 0 Å². The van der Waals surface area contributed by atoms with Crippen LogP contribution in [0.4, 0.5) is 0 Å². The second-order valence-electron chi connectivity index (χ2n) is 7.26. The van der Waals surface area contributed by atoms with Crippen molar-refractivity contribution in [2.45, 2.75) is 20.4 Å². The van der Waals surface area contributed by atoms with Gasteiger partial charge in [-0.25, -0.2) is 0 Å². The third kappa shape index (κ3) is 4.64. The van der Waals surface area contributed by atoms with Crippen LogP contribution in [0.3, 0.4) is 0 Å². The van der Waals surface area contributed by atoms with Gasteiger partial charge in [-0.3, -0.25) is 4.79 Å². The fourth-order valence-electron chi connectivity index (χ4n) is 3.31. The molecular formula is C25H23N3O3. The van der Waals surface area contributed by atoms with Crippen molar-refractivity contribution in [3.05, 3.63) is 89.3 Å². The maximum atomic E-state index is 12.5. The van der Waals surface area contributed by atoms with Crippen molar-refractivity contribution in [1.82, 2.24) is 15.5 Å². The Hall–Kier alpha value is -3.93. The molecule has 1 N–H and O–H groups in total. The number of nitrogens with zero attached hydrogens (tertiary/aromatic N) is 2. The molecule has 1 heterocycles. The van der Waals surface area contributed by atoms with E-state index < -0.39 is 0 Å². The van der Waals surface area contributed by atoms with Gasteiger partial charge >= 0.3 is 0 Å².